The molecule has 1 fully saturated rings. The molecule has 1 N–H and O–H groups in total. The summed E-state index contributed by atoms with van der Waals surface area (Å²) in [6.07, 6.45) is 6.57. The maximum Gasteiger partial charge on any atom is 0.244 e. The molecule has 1 atom stereocenters. The number of hydrogen-bond donors (Lipinski definition) is 1. The number of nitrogens with zero attached hydrogens (tertiary/aromatic N) is 6. The van der Waals surface area contributed by atoms with Crippen molar-refractivity contribution in [3.63, 3.8) is 0 Å². The first-order valence-corrected chi connectivity index (χ1v) is 6.83. The number of rotatable bonds is 3. The molecule has 1 aliphatic rings. The largest absolute Gasteiger partial charge is 0.357 e. The molecule has 1 aliphatic heterocycles. The van der Waals surface area contributed by atoms with Crippen molar-refractivity contribution in [1.82, 2.24) is 29.9 Å². The van der Waals surface area contributed by atoms with Gasteiger partial charge in [-0.05, 0) is 36.6 Å². The Balaban J connectivity index is 1.73. The summed E-state index contributed by atoms with van der Waals surface area (Å²) in [7, 11) is 0. The van der Waals surface area contributed by atoms with Crippen molar-refractivity contribution in [1.29, 1.82) is 0 Å². The molecule has 1 saturated heterocycles. The SMILES string of the molecule is CC(Nc1cncc2nnnn12)C(=O)N1CCCCC1. The van der Waals surface area contributed by atoms with Gasteiger partial charge in [0.05, 0.1) is 12.4 Å². The van der Waals surface area contributed by atoms with Gasteiger partial charge in [-0.1, -0.05) is 0 Å². The number of tetrazole rings is 1. The van der Waals surface area contributed by atoms with E-state index in [-0.39, 0.29) is 11.9 Å². The Labute approximate surface area is 116 Å². The van der Waals surface area contributed by atoms with Crippen molar-refractivity contribution in [3.05, 3.63) is 12.4 Å². The average molecular weight is 275 g/mol. The van der Waals surface area contributed by atoms with Crippen LogP contribution in [0, 0.1) is 0 Å². The molecule has 3 rings (SSSR count). The lowest BCUT2D eigenvalue weighted by Crippen LogP contribution is -2.44. The highest BCUT2D eigenvalue weighted by atomic mass is 16.2. The van der Waals surface area contributed by atoms with Gasteiger partial charge in [0.2, 0.25) is 5.91 Å². The third kappa shape index (κ3) is 2.40. The third-order valence-electron chi connectivity index (χ3n) is 3.51. The Kier molecular flexibility index (Phi) is 3.44. The molecular weight excluding hydrogens is 258 g/mol. The molecule has 0 aromatic carbocycles. The molecule has 8 heteroatoms. The minimum absolute atomic E-state index is 0.106. The van der Waals surface area contributed by atoms with Gasteiger partial charge in [-0.2, -0.15) is 4.52 Å². The van der Waals surface area contributed by atoms with E-state index in [0.717, 1.165) is 25.9 Å². The highest BCUT2D eigenvalue weighted by Crippen LogP contribution is 2.13. The first-order chi connectivity index (χ1) is 9.75. The lowest BCUT2D eigenvalue weighted by atomic mass is 10.1. The number of fused-ring (bicyclic) bond motifs is 1. The van der Waals surface area contributed by atoms with Gasteiger partial charge in [0.1, 0.15) is 6.04 Å². The van der Waals surface area contributed by atoms with Crippen molar-refractivity contribution < 1.29 is 4.79 Å². The van der Waals surface area contributed by atoms with Crippen LogP contribution in [0.5, 0.6) is 0 Å². The summed E-state index contributed by atoms with van der Waals surface area (Å²) in [5.74, 6) is 0.722. The van der Waals surface area contributed by atoms with Crippen molar-refractivity contribution in [3.8, 4) is 0 Å². The van der Waals surface area contributed by atoms with E-state index in [9.17, 15) is 4.79 Å². The van der Waals surface area contributed by atoms with Gasteiger partial charge in [-0.3, -0.25) is 9.78 Å². The van der Waals surface area contributed by atoms with E-state index in [1.807, 2.05) is 11.8 Å². The second-order valence-electron chi connectivity index (χ2n) is 4.99. The molecule has 2 aromatic heterocycles. The zero-order valence-electron chi connectivity index (χ0n) is 11.4. The van der Waals surface area contributed by atoms with E-state index in [2.05, 4.69) is 25.8 Å². The number of aromatic nitrogens is 5. The molecular formula is C12H17N7O. The van der Waals surface area contributed by atoms with E-state index >= 15 is 0 Å². The molecule has 8 nitrogen and oxygen atoms in total. The number of hydrogen-bond acceptors (Lipinski definition) is 6. The minimum Gasteiger partial charge on any atom is -0.357 e. The fourth-order valence-corrected chi connectivity index (χ4v) is 2.45. The van der Waals surface area contributed by atoms with Gasteiger partial charge in [-0.25, -0.2) is 0 Å². The fraction of sp³-hybridized carbons (Fsp3) is 0.583. The lowest BCUT2D eigenvalue weighted by Gasteiger charge is -2.29. The highest BCUT2D eigenvalue weighted by molar-refractivity contribution is 5.84. The van der Waals surface area contributed by atoms with E-state index in [1.165, 1.54) is 10.9 Å². The van der Waals surface area contributed by atoms with Crippen molar-refractivity contribution in [2.45, 2.75) is 32.2 Å². The van der Waals surface area contributed by atoms with Crippen LogP contribution in [0.4, 0.5) is 5.82 Å². The quantitative estimate of drug-likeness (QED) is 0.868. The number of amides is 1. The molecule has 0 radical (unpaired) electrons. The van der Waals surface area contributed by atoms with E-state index in [0.29, 0.717) is 11.5 Å². The molecule has 106 valence electrons. The second-order valence-corrected chi connectivity index (χ2v) is 4.99. The smallest absolute Gasteiger partial charge is 0.244 e. The number of nitrogens with one attached hydrogen (secondary N) is 1. The van der Waals surface area contributed by atoms with Gasteiger partial charge in [0.25, 0.3) is 0 Å². The second kappa shape index (κ2) is 5.40. The van der Waals surface area contributed by atoms with Crippen molar-refractivity contribution in [2.75, 3.05) is 18.4 Å². The average Bonchev–Trinajstić information content (AvgIpc) is 2.97. The Morgan fingerprint density at radius 1 is 1.30 bits per heavy atom. The standard InChI is InChI=1S/C12H17N7O/c1-9(12(20)18-5-3-2-4-6-18)14-10-7-13-8-11-15-16-17-19(10)11/h7-9,14H,2-6H2,1H3. The van der Waals surface area contributed by atoms with E-state index in [4.69, 9.17) is 0 Å². The summed E-state index contributed by atoms with van der Waals surface area (Å²) in [5.41, 5.74) is 0.549. The number of carbonyl (C=O) groups excluding carboxylic acids is 1. The van der Waals surface area contributed by atoms with Crippen LogP contribution in [-0.2, 0) is 4.79 Å². The van der Waals surface area contributed by atoms with Gasteiger partial charge < -0.3 is 10.2 Å². The molecule has 20 heavy (non-hydrogen) atoms. The summed E-state index contributed by atoms with van der Waals surface area (Å²) < 4.78 is 1.53. The first-order valence-electron chi connectivity index (χ1n) is 6.83. The molecule has 0 spiro atoms. The number of carbonyl (C=O) groups is 1. The zero-order chi connectivity index (χ0) is 13.9. The summed E-state index contributed by atoms with van der Waals surface area (Å²) in [4.78, 5) is 18.3. The summed E-state index contributed by atoms with van der Waals surface area (Å²) >= 11 is 0. The minimum atomic E-state index is -0.329. The van der Waals surface area contributed by atoms with Gasteiger partial charge >= 0.3 is 0 Å². The maximum absolute atomic E-state index is 12.4. The Hall–Kier alpha value is -2.25. The van der Waals surface area contributed by atoms with E-state index < -0.39 is 0 Å². The van der Waals surface area contributed by atoms with Gasteiger partial charge in [0.15, 0.2) is 11.5 Å². The molecule has 0 aliphatic carbocycles. The van der Waals surface area contributed by atoms with Gasteiger partial charge in [0, 0.05) is 13.1 Å². The third-order valence-corrected chi connectivity index (χ3v) is 3.51. The Morgan fingerprint density at radius 2 is 2.10 bits per heavy atom. The summed E-state index contributed by atoms with van der Waals surface area (Å²) in [6, 6.07) is -0.329. The van der Waals surface area contributed by atoms with Crippen LogP contribution in [0.3, 0.4) is 0 Å². The van der Waals surface area contributed by atoms with Crippen LogP contribution in [0.2, 0.25) is 0 Å². The monoisotopic (exact) mass is 275 g/mol. The molecule has 2 aromatic rings. The van der Waals surface area contributed by atoms with Crippen LogP contribution in [0.1, 0.15) is 26.2 Å². The number of anilines is 1. The molecule has 0 bridgehead atoms. The van der Waals surface area contributed by atoms with Crippen LogP contribution < -0.4 is 5.32 Å². The van der Waals surface area contributed by atoms with Crippen LogP contribution in [0.15, 0.2) is 12.4 Å². The molecule has 1 amide bonds. The molecule has 3 heterocycles. The number of piperidine rings is 1. The predicted octanol–water partition coefficient (Wildman–Crippen LogP) is 0.332. The zero-order valence-corrected chi connectivity index (χ0v) is 11.4. The van der Waals surface area contributed by atoms with Crippen LogP contribution in [-0.4, -0.2) is 55.0 Å². The summed E-state index contributed by atoms with van der Waals surface area (Å²) in [5, 5.41) is 14.4. The normalized spacial score (nSPS) is 17.1. The maximum atomic E-state index is 12.4. The molecule has 1 unspecified atom stereocenters. The summed E-state index contributed by atoms with van der Waals surface area (Å²) in [6.45, 7) is 3.54. The van der Waals surface area contributed by atoms with Gasteiger partial charge in [-0.15, -0.1) is 5.10 Å². The first kappa shape index (κ1) is 12.8. The predicted molar refractivity (Wildman–Crippen MR) is 72.1 cm³/mol. The lowest BCUT2D eigenvalue weighted by molar-refractivity contribution is -0.132. The Bertz CT molecular complexity index is 605. The van der Waals surface area contributed by atoms with Crippen molar-refractivity contribution in [2.24, 2.45) is 0 Å². The number of likely N-dealkylation sites (tertiary alicyclic amines) is 1. The Morgan fingerprint density at radius 3 is 2.90 bits per heavy atom. The van der Waals surface area contributed by atoms with E-state index in [1.54, 1.807) is 12.4 Å². The van der Waals surface area contributed by atoms with Crippen LogP contribution in [0.25, 0.3) is 5.65 Å². The fourth-order valence-electron chi connectivity index (χ4n) is 2.45. The molecule has 0 saturated carbocycles. The highest BCUT2D eigenvalue weighted by Gasteiger charge is 2.22. The van der Waals surface area contributed by atoms with Crippen molar-refractivity contribution >= 4 is 17.4 Å². The van der Waals surface area contributed by atoms with Crippen LogP contribution >= 0.6 is 0 Å². The topological polar surface area (TPSA) is 88.3 Å².